The summed E-state index contributed by atoms with van der Waals surface area (Å²) in [5, 5.41) is 0. The van der Waals surface area contributed by atoms with Crippen LogP contribution in [0.3, 0.4) is 0 Å². The Morgan fingerprint density at radius 2 is 1.69 bits per heavy atom. The van der Waals surface area contributed by atoms with Gasteiger partial charge in [-0.3, -0.25) is 0 Å². The topological polar surface area (TPSA) is 34.1 Å². The summed E-state index contributed by atoms with van der Waals surface area (Å²) in [6.07, 6.45) is 0. The molecule has 0 atom stereocenters. The summed E-state index contributed by atoms with van der Waals surface area (Å²) >= 11 is 17.5. The van der Waals surface area contributed by atoms with E-state index in [1.807, 2.05) is 0 Å². The number of halogens is 4. The molecular weight excluding hydrogens is 334 g/mol. The Kier molecular flexibility index (Phi) is 5.29. The second-order valence-corrected chi connectivity index (χ2v) is 7.66. The molecule has 88 valence electrons. The molecule has 16 heavy (non-hydrogen) atoms. The van der Waals surface area contributed by atoms with E-state index in [2.05, 4.69) is 0 Å². The quantitative estimate of drug-likeness (QED) is 0.599. The summed E-state index contributed by atoms with van der Waals surface area (Å²) < 4.78 is 22.4. The minimum atomic E-state index is -3.82. The normalized spacial score (nSPS) is 11.2. The number of rotatable bonds is 3. The number of hydrogen-bond acceptors (Lipinski definition) is 3. The van der Waals surface area contributed by atoms with Gasteiger partial charge in [-0.05, 0) is 12.1 Å². The Morgan fingerprint density at radius 3 is 2.19 bits per heavy atom. The van der Waals surface area contributed by atoms with Crippen molar-refractivity contribution >= 4 is 66.3 Å². The molecule has 0 radical (unpaired) electrons. The molecule has 0 saturated heterocycles. The van der Waals surface area contributed by atoms with E-state index >= 15 is 0 Å². The highest BCUT2D eigenvalue weighted by molar-refractivity contribution is 8.14. The SMILES string of the molecule is O=S(=O)(Cl)c1ccccc1SC(Cl)=C(Cl)Cl. The Morgan fingerprint density at radius 1 is 1.12 bits per heavy atom. The molecular formula is C8H4Cl4O2S2. The van der Waals surface area contributed by atoms with Gasteiger partial charge in [-0.25, -0.2) is 8.42 Å². The van der Waals surface area contributed by atoms with Gasteiger partial charge < -0.3 is 0 Å². The van der Waals surface area contributed by atoms with Crippen LogP contribution in [0, 0.1) is 0 Å². The van der Waals surface area contributed by atoms with Crippen LogP contribution < -0.4 is 0 Å². The zero-order valence-corrected chi connectivity index (χ0v) is 12.1. The average molecular weight is 338 g/mol. The van der Waals surface area contributed by atoms with E-state index in [1.54, 1.807) is 18.2 Å². The molecule has 1 aromatic carbocycles. The van der Waals surface area contributed by atoms with E-state index in [4.69, 9.17) is 45.5 Å². The standard InChI is InChI=1S/C8H4Cl4O2S2/c9-7(10)8(11)15-5-3-1-2-4-6(5)16(12,13)14/h1-4H. The maximum atomic E-state index is 11.2. The van der Waals surface area contributed by atoms with Crippen LogP contribution in [0.25, 0.3) is 0 Å². The van der Waals surface area contributed by atoms with Crippen molar-refractivity contribution in [2.75, 3.05) is 0 Å². The lowest BCUT2D eigenvalue weighted by Crippen LogP contribution is -1.92. The first-order valence-electron chi connectivity index (χ1n) is 3.74. The van der Waals surface area contributed by atoms with Gasteiger partial charge in [-0.1, -0.05) is 58.7 Å². The van der Waals surface area contributed by atoms with Crippen molar-refractivity contribution in [1.29, 1.82) is 0 Å². The smallest absolute Gasteiger partial charge is 0.207 e. The lowest BCUT2D eigenvalue weighted by molar-refractivity contribution is 0.608. The minimum absolute atomic E-state index is 0.0330. The van der Waals surface area contributed by atoms with Crippen LogP contribution in [-0.2, 0) is 9.05 Å². The molecule has 2 nitrogen and oxygen atoms in total. The third-order valence-electron chi connectivity index (χ3n) is 1.46. The molecule has 0 N–H and O–H groups in total. The molecule has 0 fully saturated rings. The molecule has 0 amide bonds. The Hall–Kier alpha value is 0.420. The largest absolute Gasteiger partial charge is 0.262 e. The summed E-state index contributed by atoms with van der Waals surface area (Å²) in [7, 11) is 1.44. The number of hydrogen-bond donors (Lipinski definition) is 0. The fourth-order valence-corrected chi connectivity index (χ4v) is 3.48. The second kappa shape index (κ2) is 5.85. The molecule has 0 aliphatic carbocycles. The van der Waals surface area contributed by atoms with Gasteiger partial charge in [-0.2, -0.15) is 0 Å². The van der Waals surface area contributed by atoms with Crippen LogP contribution in [0.1, 0.15) is 0 Å². The molecule has 0 spiro atoms. The first-order valence-corrected chi connectivity index (χ1v) is 8.00. The Balaban J connectivity index is 3.21. The third kappa shape index (κ3) is 4.02. The highest BCUT2D eigenvalue weighted by atomic mass is 35.7. The molecule has 0 aromatic heterocycles. The maximum Gasteiger partial charge on any atom is 0.262 e. The highest BCUT2D eigenvalue weighted by Gasteiger charge is 2.16. The van der Waals surface area contributed by atoms with E-state index in [0.717, 1.165) is 11.8 Å². The second-order valence-electron chi connectivity index (χ2n) is 2.52. The fourth-order valence-electron chi connectivity index (χ4n) is 0.871. The van der Waals surface area contributed by atoms with Crippen molar-refractivity contribution in [3.05, 3.63) is 33.1 Å². The van der Waals surface area contributed by atoms with Crippen LogP contribution in [0.2, 0.25) is 0 Å². The van der Waals surface area contributed by atoms with Crippen LogP contribution in [0.5, 0.6) is 0 Å². The van der Waals surface area contributed by atoms with E-state index in [-0.39, 0.29) is 13.8 Å². The van der Waals surface area contributed by atoms with Gasteiger partial charge in [0.1, 0.15) is 8.86 Å². The van der Waals surface area contributed by atoms with Gasteiger partial charge in [-0.15, -0.1) is 0 Å². The molecule has 0 aliphatic rings. The van der Waals surface area contributed by atoms with Gasteiger partial charge in [0.15, 0.2) is 0 Å². The lowest BCUT2D eigenvalue weighted by atomic mass is 10.4. The summed E-state index contributed by atoms with van der Waals surface area (Å²) in [6.45, 7) is 0. The summed E-state index contributed by atoms with van der Waals surface area (Å²) in [5.41, 5.74) is 0. The van der Waals surface area contributed by atoms with E-state index in [0.29, 0.717) is 4.90 Å². The maximum absolute atomic E-state index is 11.2. The molecule has 0 saturated carbocycles. The molecule has 1 aromatic rings. The summed E-state index contributed by atoms with van der Waals surface area (Å²) in [4.78, 5) is 0.329. The van der Waals surface area contributed by atoms with Gasteiger partial charge in [0.25, 0.3) is 9.05 Å². The molecule has 0 bridgehead atoms. The van der Waals surface area contributed by atoms with Crippen molar-refractivity contribution in [3.63, 3.8) is 0 Å². The van der Waals surface area contributed by atoms with Crippen molar-refractivity contribution in [1.82, 2.24) is 0 Å². The average Bonchev–Trinajstić information content (AvgIpc) is 2.16. The van der Waals surface area contributed by atoms with Crippen LogP contribution in [0.15, 0.2) is 42.9 Å². The Labute approximate surface area is 117 Å². The van der Waals surface area contributed by atoms with Gasteiger partial charge in [0.2, 0.25) is 0 Å². The van der Waals surface area contributed by atoms with E-state index < -0.39 is 9.05 Å². The first kappa shape index (κ1) is 14.5. The molecule has 0 unspecified atom stereocenters. The number of thioether (sulfide) groups is 1. The first-order chi connectivity index (χ1) is 7.32. The zero-order chi connectivity index (χ0) is 12.3. The third-order valence-corrected chi connectivity index (χ3v) is 5.14. The summed E-state index contributed by atoms with van der Waals surface area (Å²) in [6, 6.07) is 6.13. The predicted octanol–water partition coefficient (Wildman–Crippen LogP) is 4.55. The van der Waals surface area contributed by atoms with Crippen molar-refractivity contribution < 1.29 is 8.42 Å². The van der Waals surface area contributed by atoms with Crippen molar-refractivity contribution in [2.24, 2.45) is 0 Å². The van der Waals surface area contributed by atoms with Crippen LogP contribution >= 0.6 is 57.2 Å². The van der Waals surface area contributed by atoms with Gasteiger partial charge in [0, 0.05) is 15.6 Å². The lowest BCUT2D eigenvalue weighted by Gasteiger charge is -2.04. The van der Waals surface area contributed by atoms with Crippen molar-refractivity contribution in [3.8, 4) is 0 Å². The van der Waals surface area contributed by atoms with Gasteiger partial charge >= 0.3 is 0 Å². The minimum Gasteiger partial charge on any atom is -0.207 e. The predicted molar refractivity (Wildman–Crippen MR) is 69.9 cm³/mol. The highest BCUT2D eigenvalue weighted by Crippen LogP contribution is 2.38. The monoisotopic (exact) mass is 336 g/mol. The van der Waals surface area contributed by atoms with Crippen LogP contribution in [0.4, 0.5) is 0 Å². The molecule has 0 heterocycles. The molecule has 8 heteroatoms. The zero-order valence-electron chi connectivity index (χ0n) is 7.45. The van der Waals surface area contributed by atoms with Crippen molar-refractivity contribution in [2.45, 2.75) is 9.79 Å². The van der Waals surface area contributed by atoms with E-state index in [9.17, 15) is 8.42 Å². The molecule has 0 aliphatic heterocycles. The number of benzene rings is 1. The van der Waals surface area contributed by atoms with Gasteiger partial charge in [0.05, 0.1) is 4.90 Å². The fraction of sp³-hybridized carbons (Fsp3) is 0. The Bertz CT molecular complexity index is 521. The van der Waals surface area contributed by atoms with E-state index in [1.165, 1.54) is 6.07 Å². The van der Waals surface area contributed by atoms with Crippen LogP contribution in [-0.4, -0.2) is 8.42 Å². The molecule has 1 rings (SSSR count). The summed E-state index contributed by atoms with van der Waals surface area (Å²) in [5.74, 6) is 0.